The van der Waals surface area contributed by atoms with E-state index in [0.29, 0.717) is 18.9 Å². The molecule has 0 aromatic heterocycles. The Morgan fingerprint density at radius 2 is 1.94 bits per heavy atom. The smallest absolute Gasteiger partial charge is 0.326 e. The first-order valence-electron chi connectivity index (χ1n) is 6.56. The van der Waals surface area contributed by atoms with Gasteiger partial charge in [0.15, 0.2) is 0 Å². The highest BCUT2D eigenvalue weighted by Gasteiger charge is 2.37. The van der Waals surface area contributed by atoms with Crippen LogP contribution in [0.2, 0.25) is 0 Å². The molecule has 98 valence electrons. The molecule has 0 aromatic rings. The molecule has 1 heterocycles. The normalized spacial score (nSPS) is 21.9. The van der Waals surface area contributed by atoms with Crippen LogP contribution in [0, 0.1) is 11.8 Å². The number of amides is 1. The fourth-order valence-electron chi connectivity index (χ4n) is 2.75. The number of carboxylic acids is 1. The second-order valence-electron chi connectivity index (χ2n) is 4.89. The summed E-state index contributed by atoms with van der Waals surface area (Å²) in [5.74, 6) is -0.557. The second kappa shape index (κ2) is 6.03. The molecule has 2 atom stereocenters. The zero-order valence-corrected chi connectivity index (χ0v) is 11.0. The SMILES string of the molecule is CCC(CC)C(C)C(=O)N1CCC[C@H]1C(=O)O. The zero-order chi connectivity index (χ0) is 13.0. The highest BCUT2D eigenvalue weighted by Crippen LogP contribution is 2.26. The lowest BCUT2D eigenvalue weighted by Crippen LogP contribution is -2.44. The molecule has 4 heteroatoms. The van der Waals surface area contributed by atoms with Crippen molar-refractivity contribution in [3.05, 3.63) is 0 Å². The van der Waals surface area contributed by atoms with E-state index >= 15 is 0 Å². The lowest BCUT2D eigenvalue weighted by Gasteiger charge is -2.28. The zero-order valence-electron chi connectivity index (χ0n) is 11.0. The molecule has 1 aliphatic heterocycles. The van der Waals surface area contributed by atoms with E-state index in [1.54, 1.807) is 4.90 Å². The van der Waals surface area contributed by atoms with Gasteiger partial charge in [0, 0.05) is 12.5 Å². The maximum atomic E-state index is 12.3. The van der Waals surface area contributed by atoms with Crippen LogP contribution in [-0.4, -0.2) is 34.5 Å². The van der Waals surface area contributed by atoms with E-state index in [2.05, 4.69) is 13.8 Å². The molecule has 0 radical (unpaired) electrons. The van der Waals surface area contributed by atoms with Crippen molar-refractivity contribution < 1.29 is 14.7 Å². The quantitative estimate of drug-likeness (QED) is 0.802. The van der Waals surface area contributed by atoms with Crippen molar-refractivity contribution in [1.82, 2.24) is 4.90 Å². The molecule has 0 spiro atoms. The van der Waals surface area contributed by atoms with Gasteiger partial charge in [-0.05, 0) is 18.8 Å². The van der Waals surface area contributed by atoms with Gasteiger partial charge in [0.25, 0.3) is 0 Å². The van der Waals surface area contributed by atoms with E-state index in [1.165, 1.54) is 0 Å². The number of carbonyl (C=O) groups is 2. The van der Waals surface area contributed by atoms with E-state index in [9.17, 15) is 9.59 Å². The molecule has 0 bridgehead atoms. The minimum atomic E-state index is -0.868. The summed E-state index contributed by atoms with van der Waals surface area (Å²) in [5, 5.41) is 9.07. The standard InChI is InChI=1S/C13H23NO3/c1-4-10(5-2)9(3)12(15)14-8-6-7-11(14)13(16)17/h9-11H,4-8H2,1-3H3,(H,16,17)/t9?,11-/m0/s1. The van der Waals surface area contributed by atoms with Crippen LogP contribution >= 0.6 is 0 Å². The molecule has 0 aromatic carbocycles. The monoisotopic (exact) mass is 241 g/mol. The molecule has 0 aliphatic carbocycles. The van der Waals surface area contributed by atoms with Gasteiger partial charge in [-0.15, -0.1) is 0 Å². The Bertz CT molecular complexity index is 286. The highest BCUT2D eigenvalue weighted by atomic mass is 16.4. The summed E-state index contributed by atoms with van der Waals surface area (Å²) in [6, 6.07) is -0.598. The average Bonchev–Trinajstić information content (AvgIpc) is 2.78. The molecule has 1 amide bonds. The van der Waals surface area contributed by atoms with Gasteiger partial charge in [-0.25, -0.2) is 4.79 Å². The van der Waals surface area contributed by atoms with Crippen molar-refractivity contribution in [1.29, 1.82) is 0 Å². The molecule has 1 rings (SSSR count). The van der Waals surface area contributed by atoms with Crippen molar-refractivity contribution >= 4 is 11.9 Å². The highest BCUT2D eigenvalue weighted by molar-refractivity contribution is 5.85. The van der Waals surface area contributed by atoms with Gasteiger partial charge in [0.2, 0.25) is 5.91 Å². The number of rotatable bonds is 5. The van der Waals surface area contributed by atoms with Crippen LogP contribution in [0.25, 0.3) is 0 Å². The van der Waals surface area contributed by atoms with E-state index < -0.39 is 12.0 Å². The Hall–Kier alpha value is -1.06. The number of hydrogen-bond donors (Lipinski definition) is 1. The molecular weight excluding hydrogens is 218 g/mol. The fourth-order valence-corrected chi connectivity index (χ4v) is 2.75. The largest absolute Gasteiger partial charge is 0.480 e. The van der Waals surface area contributed by atoms with Gasteiger partial charge in [0.05, 0.1) is 0 Å². The third kappa shape index (κ3) is 2.99. The fraction of sp³-hybridized carbons (Fsp3) is 0.846. The minimum absolute atomic E-state index is 0.0172. The van der Waals surface area contributed by atoms with Gasteiger partial charge in [0.1, 0.15) is 6.04 Å². The van der Waals surface area contributed by atoms with Crippen LogP contribution in [0.1, 0.15) is 46.5 Å². The van der Waals surface area contributed by atoms with Crippen molar-refractivity contribution in [2.45, 2.75) is 52.5 Å². The van der Waals surface area contributed by atoms with Crippen LogP contribution in [0.15, 0.2) is 0 Å². The molecule has 1 aliphatic rings. The Kier molecular flexibility index (Phi) is 4.97. The summed E-state index contributed by atoms with van der Waals surface area (Å²) < 4.78 is 0. The van der Waals surface area contributed by atoms with Crippen LogP contribution in [-0.2, 0) is 9.59 Å². The van der Waals surface area contributed by atoms with Crippen molar-refractivity contribution in [2.24, 2.45) is 11.8 Å². The summed E-state index contributed by atoms with van der Waals surface area (Å²) in [4.78, 5) is 24.9. The lowest BCUT2D eigenvalue weighted by atomic mass is 9.88. The maximum Gasteiger partial charge on any atom is 0.326 e. The minimum Gasteiger partial charge on any atom is -0.480 e. The molecule has 1 saturated heterocycles. The Morgan fingerprint density at radius 1 is 1.35 bits per heavy atom. The molecule has 1 fully saturated rings. The second-order valence-corrected chi connectivity index (χ2v) is 4.89. The van der Waals surface area contributed by atoms with Gasteiger partial charge < -0.3 is 10.0 Å². The third-order valence-electron chi connectivity index (χ3n) is 3.97. The molecule has 4 nitrogen and oxygen atoms in total. The predicted molar refractivity (Wildman–Crippen MR) is 65.6 cm³/mol. The molecule has 1 N–H and O–H groups in total. The average molecular weight is 241 g/mol. The first kappa shape index (κ1) is 14.0. The lowest BCUT2D eigenvalue weighted by molar-refractivity contribution is -0.150. The summed E-state index contributed by atoms with van der Waals surface area (Å²) in [5.41, 5.74) is 0. The molecular formula is C13H23NO3. The number of hydrogen-bond acceptors (Lipinski definition) is 2. The molecule has 1 unspecified atom stereocenters. The first-order chi connectivity index (χ1) is 8.02. The van der Waals surface area contributed by atoms with Crippen LogP contribution < -0.4 is 0 Å². The number of carboxylic acid groups (broad SMARTS) is 1. The van der Waals surface area contributed by atoms with E-state index in [0.717, 1.165) is 19.3 Å². The molecule has 0 saturated carbocycles. The Morgan fingerprint density at radius 3 is 2.41 bits per heavy atom. The summed E-state index contributed by atoms with van der Waals surface area (Å²) >= 11 is 0. The van der Waals surface area contributed by atoms with Gasteiger partial charge >= 0.3 is 5.97 Å². The van der Waals surface area contributed by atoms with Gasteiger partial charge in [-0.3, -0.25) is 4.79 Å². The molecule has 17 heavy (non-hydrogen) atoms. The number of carbonyl (C=O) groups excluding carboxylic acids is 1. The Labute approximate surface area is 103 Å². The number of likely N-dealkylation sites (tertiary alicyclic amines) is 1. The van der Waals surface area contributed by atoms with Crippen molar-refractivity contribution in [3.63, 3.8) is 0 Å². The first-order valence-corrected chi connectivity index (χ1v) is 6.56. The summed E-state index contributed by atoms with van der Waals surface area (Å²) in [6.07, 6.45) is 3.33. The topological polar surface area (TPSA) is 57.6 Å². The van der Waals surface area contributed by atoms with E-state index in [1.807, 2.05) is 6.92 Å². The number of nitrogens with zero attached hydrogens (tertiary/aromatic N) is 1. The van der Waals surface area contributed by atoms with Gasteiger partial charge in [-0.1, -0.05) is 33.6 Å². The maximum absolute atomic E-state index is 12.3. The van der Waals surface area contributed by atoms with Crippen molar-refractivity contribution in [2.75, 3.05) is 6.54 Å². The summed E-state index contributed by atoms with van der Waals surface area (Å²) in [6.45, 7) is 6.69. The summed E-state index contributed by atoms with van der Waals surface area (Å²) in [7, 11) is 0. The van der Waals surface area contributed by atoms with Crippen molar-refractivity contribution in [3.8, 4) is 0 Å². The van der Waals surface area contributed by atoms with Crippen LogP contribution in [0.5, 0.6) is 0 Å². The third-order valence-corrected chi connectivity index (χ3v) is 3.97. The number of aliphatic carboxylic acids is 1. The predicted octanol–water partition coefficient (Wildman–Crippen LogP) is 2.13. The van der Waals surface area contributed by atoms with Crippen LogP contribution in [0.3, 0.4) is 0 Å². The van der Waals surface area contributed by atoms with E-state index in [4.69, 9.17) is 5.11 Å². The van der Waals surface area contributed by atoms with E-state index in [-0.39, 0.29) is 11.8 Å². The van der Waals surface area contributed by atoms with Crippen LogP contribution in [0.4, 0.5) is 0 Å². The van der Waals surface area contributed by atoms with Gasteiger partial charge in [-0.2, -0.15) is 0 Å². The Balaban J connectivity index is 2.71.